The molecule has 4 heteroatoms. The second kappa shape index (κ2) is 15.8. The summed E-state index contributed by atoms with van der Waals surface area (Å²) in [6.45, 7) is 11.7. The number of hydrogen-bond donors (Lipinski definition) is 0. The Bertz CT molecular complexity index is 582. The van der Waals surface area contributed by atoms with Crippen molar-refractivity contribution < 1.29 is 32.9 Å². The third-order valence-electron chi connectivity index (χ3n) is 7.29. The van der Waals surface area contributed by atoms with Crippen LogP contribution in [0.15, 0.2) is 24.3 Å². The summed E-state index contributed by atoms with van der Waals surface area (Å²) in [4.78, 5) is 0. The Balaban J connectivity index is 0.00000480. The monoisotopic (exact) mass is 559 g/mol. The maximum absolute atomic E-state index is 6.82. The van der Waals surface area contributed by atoms with E-state index in [0.29, 0.717) is 0 Å². The number of quaternary nitrogens is 1. The van der Waals surface area contributed by atoms with Crippen molar-refractivity contribution in [1.29, 1.82) is 0 Å². The topological polar surface area (TPSA) is 9.23 Å². The van der Waals surface area contributed by atoms with Crippen LogP contribution in [0.1, 0.15) is 89.2 Å². The minimum Gasteiger partial charge on any atom is -1.00 e. The van der Waals surface area contributed by atoms with E-state index in [1.165, 1.54) is 102 Å². The van der Waals surface area contributed by atoms with Gasteiger partial charge in [0, 0.05) is 12.0 Å². The number of rotatable bonds is 16. The molecule has 1 atom stereocenters. The summed E-state index contributed by atoms with van der Waals surface area (Å²) in [5.74, 6) is 0. The van der Waals surface area contributed by atoms with Gasteiger partial charge in [0.25, 0.3) is 0 Å². The number of nitrogens with zero attached hydrogens (tertiary/aromatic N) is 1. The first-order valence-electron chi connectivity index (χ1n) is 13.0. The van der Waals surface area contributed by atoms with E-state index in [0.717, 1.165) is 11.1 Å². The summed E-state index contributed by atoms with van der Waals surface area (Å²) in [6.07, 6.45) is 15.1. The van der Waals surface area contributed by atoms with Gasteiger partial charge in [0.05, 0.1) is 20.2 Å². The van der Waals surface area contributed by atoms with E-state index < -0.39 is 8.32 Å². The maximum atomic E-state index is 6.82. The van der Waals surface area contributed by atoms with Gasteiger partial charge in [0.1, 0.15) is 13.1 Å². The Hall–Kier alpha value is 0.0869. The fourth-order valence-electron chi connectivity index (χ4n) is 5.01. The molecule has 31 heavy (non-hydrogen) atoms. The highest BCUT2D eigenvalue weighted by Gasteiger charge is 2.31. The van der Waals surface area contributed by atoms with E-state index in [1.54, 1.807) is 11.1 Å². The highest BCUT2D eigenvalue weighted by molar-refractivity contribution is 6.72. The molecular formula is C27H50INOSi. The second-order valence-corrected chi connectivity index (χ2v) is 14.6. The standard InChI is InChI=1S/C27H50NOSi.HI/c1-5-7-9-11-15-23-30(4,24-16-12-10-8-6-2)29-22-21-28(3)20-19-26-17-13-14-18-27(26)25-28;/h13-14,17-18H,5-12,15-16,19-25H2,1-4H3;1H/q+1;/p-1. The van der Waals surface area contributed by atoms with Gasteiger partial charge in [-0.3, -0.25) is 0 Å². The van der Waals surface area contributed by atoms with Crippen LogP contribution in [-0.2, 0) is 17.4 Å². The maximum Gasteiger partial charge on any atom is 0.190 e. The van der Waals surface area contributed by atoms with Crippen molar-refractivity contribution in [2.45, 2.75) is 110 Å². The second-order valence-electron chi connectivity index (χ2n) is 10.4. The number of benzene rings is 1. The van der Waals surface area contributed by atoms with E-state index in [-0.39, 0.29) is 24.0 Å². The molecule has 0 N–H and O–H groups in total. The third-order valence-corrected chi connectivity index (χ3v) is 11.0. The Morgan fingerprint density at radius 3 is 1.97 bits per heavy atom. The Kier molecular flexibility index (Phi) is 14.9. The lowest BCUT2D eigenvalue weighted by molar-refractivity contribution is -0.924. The van der Waals surface area contributed by atoms with E-state index in [4.69, 9.17) is 4.43 Å². The molecule has 0 amide bonds. The van der Waals surface area contributed by atoms with Crippen LogP contribution >= 0.6 is 0 Å². The van der Waals surface area contributed by atoms with Crippen molar-refractivity contribution in [3.63, 3.8) is 0 Å². The number of halogens is 1. The molecule has 180 valence electrons. The molecular weight excluding hydrogens is 509 g/mol. The van der Waals surface area contributed by atoms with Crippen molar-refractivity contribution in [2.75, 3.05) is 26.7 Å². The van der Waals surface area contributed by atoms with Crippen LogP contribution in [0.25, 0.3) is 0 Å². The largest absolute Gasteiger partial charge is 1.00 e. The summed E-state index contributed by atoms with van der Waals surface area (Å²) in [7, 11) is 0.869. The van der Waals surface area contributed by atoms with Crippen LogP contribution in [-0.4, -0.2) is 39.5 Å². The van der Waals surface area contributed by atoms with Crippen LogP contribution in [0.3, 0.4) is 0 Å². The van der Waals surface area contributed by atoms with E-state index >= 15 is 0 Å². The van der Waals surface area contributed by atoms with Crippen molar-refractivity contribution in [2.24, 2.45) is 0 Å². The Morgan fingerprint density at radius 2 is 1.39 bits per heavy atom. The molecule has 0 spiro atoms. The van der Waals surface area contributed by atoms with Crippen LogP contribution in [0.2, 0.25) is 18.6 Å². The molecule has 1 aliphatic heterocycles. The summed E-state index contributed by atoms with van der Waals surface area (Å²) < 4.78 is 7.97. The molecule has 1 unspecified atom stereocenters. The Labute approximate surface area is 212 Å². The SMILES string of the molecule is CCCCCCC[Si](C)(CCCCCCC)OCC[N+]1(C)CCc2ccccc2C1.[I-]. The smallest absolute Gasteiger partial charge is 0.190 e. The first-order chi connectivity index (χ1) is 14.5. The summed E-state index contributed by atoms with van der Waals surface area (Å²) in [5.41, 5.74) is 3.12. The molecule has 0 saturated carbocycles. The van der Waals surface area contributed by atoms with Crippen molar-refractivity contribution in [3.8, 4) is 0 Å². The minimum atomic E-state index is -1.57. The van der Waals surface area contributed by atoms with E-state index in [2.05, 4.69) is 51.7 Å². The van der Waals surface area contributed by atoms with Gasteiger partial charge in [-0.1, -0.05) is 102 Å². The zero-order valence-electron chi connectivity index (χ0n) is 21.1. The van der Waals surface area contributed by atoms with Gasteiger partial charge in [0.15, 0.2) is 8.32 Å². The lowest BCUT2D eigenvalue weighted by Crippen LogP contribution is -3.00. The van der Waals surface area contributed by atoms with Crippen LogP contribution in [0.5, 0.6) is 0 Å². The molecule has 0 bridgehead atoms. The summed E-state index contributed by atoms with van der Waals surface area (Å²) in [5, 5.41) is 0. The molecule has 0 saturated heterocycles. The lowest BCUT2D eigenvalue weighted by Gasteiger charge is -2.39. The number of likely N-dealkylation sites (N-methyl/N-ethyl adjacent to an activating group) is 1. The lowest BCUT2D eigenvalue weighted by atomic mass is 9.98. The predicted octanol–water partition coefficient (Wildman–Crippen LogP) is 4.73. The van der Waals surface area contributed by atoms with Crippen molar-refractivity contribution >= 4 is 8.32 Å². The van der Waals surface area contributed by atoms with Crippen molar-refractivity contribution in [3.05, 3.63) is 35.4 Å². The molecule has 0 aliphatic carbocycles. The minimum absolute atomic E-state index is 0. The van der Waals surface area contributed by atoms with E-state index in [9.17, 15) is 0 Å². The van der Waals surface area contributed by atoms with Gasteiger partial charge in [-0.05, 0) is 24.2 Å². The van der Waals surface area contributed by atoms with Gasteiger partial charge < -0.3 is 32.9 Å². The highest BCUT2D eigenvalue weighted by Crippen LogP contribution is 2.27. The van der Waals surface area contributed by atoms with Crippen LogP contribution < -0.4 is 24.0 Å². The number of unbranched alkanes of at least 4 members (excludes halogenated alkanes) is 8. The fraction of sp³-hybridized carbons (Fsp3) is 0.778. The van der Waals surface area contributed by atoms with Crippen molar-refractivity contribution in [1.82, 2.24) is 0 Å². The molecule has 1 aromatic rings. The van der Waals surface area contributed by atoms with Gasteiger partial charge in [-0.25, -0.2) is 0 Å². The van der Waals surface area contributed by atoms with Crippen LogP contribution in [0, 0.1) is 0 Å². The van der Waals surface area contributed by atoms with Crippen LogP contribution in [0.4, 0.5) is 0 Å². The Morgan fingerprint density at radius 1 is 0.839 bits per heavy atom. The highest BCUT2D eigenvalue weighted by atomic mass is 127. The average molecular weight is 560 g/mol. The number of hydrogen-bond acceptors (Lipinski definition) is 1. The van der Waals surface area contributed by atoms with Gasteiger partial charge in [-0.2, -0.15) is 0 Å². The normalized spacial score (nSPS) is 18.5. The summed E-state index contributed by atoms with van der Waals surface area (Å²) in [6, 6.07) is 11.8. The average Bonchev–Trinajstić information content (AvgIpc) is 2.73. The summed E-state index contributed by atoms with van der Waals surface area (Å²) >= 11 is 0. The van der Waals surface area contributed by atoms with Gasteiger partial charge in [-0.15, -0.1) is 0 Å². The first-order valence-corrected chi connectivity index (χ1v) is 15.9. The van der Waals surface area contributed by atoms with E-state index in [1.807, 2.05) is 0 Å². The first kappa shape index (κ1) is 29.1. The molecule has 0 fully saturated rings. The molecule has 0 radical (unpaired) electrons. The fourth-order valence-corrected chi connectivity index (χ4v) is 8.13. The van der Waals surface area contributed by atoms with Gasteiger partial charge >= 0.3 is 0 Å². The molecule has 2 nitrogen and oxygen atoms in total. The zero-order valence-corrected chi connectivity index (χ0v) is 24.2. The third kappa shape index (κ3) is 11.2. The molecule has 1 aromatic carbocycles. The molecule has 1 heterocycles. The quantitative estimate of drug-likeness (QED) is 0.123. The number of fused-ring (bicyclic) bond motifs is 1. The predicted molar refractivity (Wildman–Crippen MR) is 134 cm³/mol. The van der Waals surface area contributed by atoms with Gasteiger partial charge in [0.2, 0.25) is 0 Å². The molecule has 0 aromatic heterocycles. The zero-order chi connectivity index (χ0) is 21.7. The molecule has 2 rings (SSSR count). The molecule has 1 aliphatic rings.